The van der Waals surface area contributed by atoms with Crippen molar-refractivity contribution in [3.63, 3.8) is 0 Å². The van der Waals surface area contributed by atoms with E-state index in [4.69, 9.17) is 6.42 Å². The third-order valence-corrected chi connectivity index (χ3v) is 2.55. The maximum atomic E-state index is 5.16. The summed E-state index contributed by atoms with van der Waals surface area (Å²) in [6.45, 7) is 0. The fourth-order valence-corrected chi connectivity index (χ4v) is 1.62. The zero-order chi connectivity index (χ0) is 9.94. The lowest BCUT2D eigenvalue weighted by atomic mass is 10.1. The van der Waals surface area contributed by atoms with Crippen molar-refractivity contribution in [3.8, 4) is 23.0 Å². The SMILES string of the molecule is C#CCCCCCCC#[C][Al]([CH3])[CH3]. The minimum atomic E-state index is -0.628. The molecule has 0 aromatic carbocycles. The fourth-order valence-electron chi connectivity index (χ4n) is 1.07. The number of terminal acetylenes is 1. The van der Waals surface area contributed by atoms with Gasteiger partial charge in [0, 0.05) is 12.8 Å². The van der Waals surface area contributed by atoms with Crippen molar-refractivity contribution in [2.45, 2.75) is 50.1 Å². The predicted molar refractivity (Wildman–Crippen MR) is 61.8 cm³/mol. The molecule has 0 atom stereocenters. The van der Waals surface area contributed by atoms with E-state index in [1.165, 1.54) is 25.7 Å². The Balaban J connectivity index is 3.10. The van der Waals surface area contributed by atoms with Crippen LogP contribution in [0.2, 0.25) is 11.6 Å². The average Bonchev–Trinajstić information content (AvgIpc) is 2.09. The molecule has 0 aliphatic carbocycles. The van der Waals surface area contributed by atoms with Gasteiger partial charge in [0.2, 0.25) is 0 Å². The molecule has 0 spiro atoms. The number of hydrogen-bond donors (Lipinski definition) is 0. The van der Waals surface area contributed by atoms with Crippen molar-refractivity contribution in [2.24, 2.45) is 0 Å². The van der Waals surface area contributed by atoms with Gasteiger partial charge < -0.3 is 0 Å². The van der Waals surface area contributed by atoms with Gasteiger partial charge in [-0.15, -0.1) is 18.3 Å². The van der Waals surface area contributed by atoms with Crippen LogP contribution in [0, 0.1) is 23.0 Å². The van der Waals surface area contributed by atoms with Gasteiger partial charge in [-0.05, 0) is 12.8 Å². The Hall–Kier alpha value is -0.348. The van der Waals surface area contributed by atoms with Gasteiger partial charge in [-0.25, -0.2) is 4.78 Å². The molecule has 0 bridgehead atoms. The molecule has 0 N–H and O–H groups in total. The zero-order valence-electron chi connectivity index (χ0n) is 8.90. The molecule has 0 aromatic rings. The molecule has 0 aromatic heterocycles. The van der Waals surface area contributed by atoms with Crippen LogP contribution in [0.15, 0.2) is 0 Å². The highest BCUT2D eigenvalue weighted by molar-refractivity contribution is 6.64. The Kier molecular flexibility index (Phi) is 9.48. The lowest BCUT2D eigenvalue weighted by molar-refractivity contribution is 0.661. The smallest absolute Gasteiger partial charge is 0.205 e. The van der Waals surface area contributed by atoms with Gasteiger partial charge in [0.15, 0.2) is 0 Å². The monoisotopic (exact) mass is 190 g/mol. The molecular weight excluding hydrogens is 171 g/mol. The first-order valence-corrected chi connectivity index (χ1v) is 8.08. The molecule has 70 valence electrons. The van der Waals surface area contributed by atoms with Crippen LogP contribution in [0.5, 0.6) is 0 Å². The van der Waals surface area contributed by atoms with Crippen LogP contribution in [0.25, 0.3) is 0 Å². The summed E-state index contributed by atoms with van der Waals surface area (Å²) in [5, 5.41) is 0. The Labute approximate surface area is 87.5 Å². The first-order chi connectivity index (χ1) is 6.27. The van der Waals surface area contributed by atoms with Gasteiger partial charge in [0.05, 0.1) is 0 Å². The molecule has 13 heavy (non-hydrogen) atoms. The van der Waals surface area contributed by atoms with Crippen LogP contribution < -0.4 is 0 Å². The minimum absolute atomic E-state index is 0.628. The molecule has 0 rings (SSSR count). The maximum absolute atomic E-state index is 5.16. The van der Waals surface area contributed by atoms with Crippen molar-refractivity contribution in [1.82, 2.24) is 0 Å². The second-order valence-electron chi connectivity index (χ2n) is 3.59. The molecule has 0 unspecified atom stereocenters. The van der Waals surface area contributed by atoms with E-state index in [1.807, 2.05) is 0 Å². The molecule has 0 nitrogen and oxygen atoms in total. The molecule has 0 saturated heterocycles. The van der Waals surface area contributed by atoms with Gasteiger partial charge in [0.25, 0.3) is 0 Å². The average molecular weight is 190 g/mol. The first-order valence-electron chi connectivity index (χ1n) is 5.19. The van der Waals surface area contributed by atoms with Gasteiger partial charge in [0.1, 0.15) is 0 Å². The van der Waals surface area contributed by atoms with E-state index >= 15 is 0 Å². The van der Waals surface area contributed by atoms with Crippen LogP contribution in [0.1, 0.15) is 38.5 Å². The second-order valence-corrected chi connectivity index (χ2v) is 6.19. The standard InChI is InChI=1S/C10H13.2CH3.Al/c1-3-5-7-9-10-8-6-4-2;;;/h1H,5-10H2;2*1H3;. The van der Waals surface area contributed by atoms with Crippen LogP contribution in [-0.2, 0) is 0 Å². The second kappa shape index (κ2) is 9.74. The van der Waals surface area contributed by atoms with Gasteiger partial charge >= 0.3 is 14.1 Å². The largest absolute Gasteiger partial charge is 0.369 e. The predicted octanol–water partition coefficient (Wildman–Crippen LogP) is 3.26. The Morgan fingerprint density at radius 3 is 2.15 bits per heavy atom. The quantitative estimate of drug-likeness (QED) is 0.354. The third-order valence-electron chi connectivity index (χ3n) is 1.76. The number of unbranched alkanes of at least 4 members (excludes halogenated alkanes) is 5. The molecule has 0 radical (unpaired) electrons. The summed E-state index contributed by atoms with van der Waals surface area (Å²) in [5.74, 6) is 10.4. The van der Waals surface area contributed by atoms with E-state index in [0.717, 1.165) is 12.8 Å². The molecule has 0 heterocycles. The summed E-state index contributed by atoms with van der Waals surface area (Å²) in [4.78, 5) is 3.30. The molecule has 0 fully saturated rings. The van der Waals surface area contributed by atoms with Crippen LogP contribution in [0.4, 0.5) is 0 Å². The van der Waals surface area contributed by atoms with Crippen LogP contribution in [0.3, 0.4) is 0 Å². The highest BCUT2D eigenvalue weighted by Gasteiger charge is 1.93. The maximum Gasteiger partial charge on any atom is 0.369 e. The summed E-state index contributed by atoms with van der Waals surface area (Å²) in [6, 6.07) is 0. The summed E-state index contributed by atoms with van der Waals surface area (Å²) >= 11 is -0.628. The molecule has 0 aliphatic rings. The number of rotatable bonds is 5. The Morgan fingerprint density at radius 2 is 1.62 bits per heavy atom. The summed E-state index contributed by atoms with van der Waals surface area (Å²) < 4.78 is 0. The molecular formula is C12H19Al. The Morgan fingerprint density at radius 1 is 1.00 bits per heavy atom. The summed E-state index contributed by atoms with van der Waals surface area (Å²) in [5.41, 5.74) is 0. The number of hydrogen-bond acceptors (Lipinski definition) is 0. The molecule has 1 heteroatoms. The molecule has 0 aliphatic heterocycles. The van der Waals surface area contributed by atoms with E-state index in [-0.39, 0.29) is 0 Å². The fraction of sp³-hybridized carbons (Fsp3) is 0.667. The van der Waals surface area contributed by atoms with Gasteiger partial charge in [-0.1, -0.05) is 24.4 Å². The summed E-state index contributed by atoms with van der Waals surface area (Å²) in [6.07, 6.45) is 12.2. The van der Waals surface area contributed by atoms with Crippen molar-refractivity contribution in [2.75, 3.05) is 0 Å². The van der Waals surface area contributed by atoms with Gasteiger partial charge in [-0.3, -0.25) is 0 Å². The van der Waals surface area contributed by atoms with Crippen molar-refractivity contribution >= 4 is 14.1 Å². The van der Waals surface area contributed by atoms with Gasteiger partial charge in [-0.2, -0.15) is 0 Å². The zero-order valence-corrected chi connectivity index (χ0v) is 10.1. The highest BCUT2D eigenvalue weighted by atomic mass is 27.2. The van der Waals surface area contributed by atoms with E-state index in [9.17, 15) is 0 Å². The topological polar surface area (TPSA) is 0 Å². The van der Waals surface area contributed by atoms with Crippen molar-refractivity contribution < 1.29 is 0 Å². The lowest BCUT2D eigenvalue weighted by Gasteiger charge is -1.94. The van der Waals surface area contributed by atoms with Crippen molar-refractivity contribution in [1.29, 1.82) is 0 Å². The molecule has 0 saturated carbocycles. The normalized spacial score (nSPS) is 8.38. The van der Waals surface area contributed by atoms with E-state index in [2.05, 4.69) is 28.2 Å². The van der Waals surface area contributed by atoms with Crippen LogP contribution >= 0.6 is 0 Å². The highest BCUT2D eigenvalue weighted by Crippen LogP contribution is 2.03. The van der Waals surface area contributed by atoms with E-state index < -0.39 is 14.1 Å². The lowest BCUT2D eigenvalue weighted by Crippen LogP contribution is -1.92. The summed E-state index contributed by atoms with van der Waals surface area (Å²) in [7, 11) is 0. The van der Waals surface area contributed by atoms with E-state index in [0.29, 0.717) is 0 Å². The molecule has 0 amide bonds. The third kappa shape index (κ3) is 11.7. The van der Waals surface area contributed by atoms with Crippen LogP contribution in [-0.4, -0.2) is 14.1 Å². The van der Waals surface area contributed by atoms with E-state index in [1.54, 1.807) is 0 Å². The minimum Gasteiger partial charge on any atom is -0.205 e. The first kappa shape index (κ1) is 12.7. The van der Waals surface area contributed by atoms with Crippen molar-refractivity contribution in [3.05, 3.63) is 0 Å². The Bertz CT molecular complexity index is 199.